The highest BCUT2D eigenvalue weighted by atomic mass is 35.5. The van der Waals surface area contributed by atoms with Crippen molar-refractivity contribution in [3.8, 4) is 56.0 Å². The molecule has 4 fully saturated rings. The van der Waals surface area contributed by atoms with E-state index < -0.39 is 92.5 Å². The summed E-state index contributed by atoms with van der Waals surface area (Å²) < 4.78 is 36.4. The van der Waals surface area contributed by atoms with Crippen molar-refractivity contribution in [1.82, 2.24) is 51.7 Å². The van der Waals surface area contributed by atoms with Crippen molar-refractivity contribution in [3.63, 3.8) is 0 Å². The van der Waals surface area contributed by atoms with Crippen molar-refractivity contribution in [1.29, 1.82) is 10.5 Å². The van der Waals surface area contributed by atoms with Crippen molar-refractivity contribution < 1.29 is 77.0 Å². The average Bonchev–Trinajstić information content (AvgIpc) is 0.778. The van der Waals surface area contributed by atoms with Crippen molar-refractivity contribution in [3.05, 3.63) is 199 Å². The molecule has 4 aliphatic rings. The summed E-state index contributed by atoms with van der Waals surface area (Å²) in [5, 5.41) is 58.3. The van der Waals surface area contributed by atoms with Gasteiger partial charge in [0.2, 0.25) is 35.4 Å². The van der Waals surface area contributed by atoms with E-state index in [0.29, 0.717) is 81.4 Å². The van der Waals surface area contributed by atoms with Crippen LogP contribution in [0, 0.1) is 69.0 Å². The van der Waals surface area contributed by atoms with Crippen LogP contribution in [-0.4, -0.2) is 190 Å². The summed E-state index contributed by atoms with van der Waals surface area (Å²) in [5.74, 6) is -0.474. The summed E-state index contributed by atoms with van der Waals surface area (Å²) in [6.45, 7) is 36.1. The minimum atomic E-state index is -0.962. The molecule has 8 N–H and O–H groups in total. The Morgan fingerprint density at radius 3 is 1.15 bits per heavy atom. The summed E-state index contributed by atoms with van der Waals surface area (Å²) in [4.78, 5) is 122. The van der Waals surface area contributed by atoms with E-state index in [4.69, 9.17) is 51.6 Å². The number of carbonyl (C=O) groups is 8. The molecule has 0 radical (unpaired) electrons. The number of hydrogen-bond acceptors (Lipinski definition) is 22. The second kappa shape index (κ2) is 45.5. The SMILES string of the molecule is Cc1ncsc1-c1ccc(CNC(=O)[C@@H]2C[C@@H](O)CN2C(=O)[C@@H](NC(=O)CO[C@@H](C)CCCCOc2ccc(C(=O)N[C@H]3C(C)(C)[C@H](Oc4ccc(C#N)c(Cl)c4)C3(C)C)cc2)C(C)(C)C)cc1.Cc1ncsc1-c1ccc(CNC(=O)[C@@H]2C[C@@H](O)CN2C(=O)[C@@H](NC(=O)CO[C@H](C)CCCCOc2ccc(C(=O)N[C@H]3C(C)(C)[C@H](Oc4ccc(C#N)c(Cl)c4)C3(C)C)cc2)C(C)(C)C)cc1. The van der Waals surface area contributed by atoms with Gasteiger partial charge >= 0.3 is 0 Å². The molecule has 0 spiro atoms. The monoisotopic (exact) mass is 1940 g/mol. The van der Waals surface area contributed by atoms with Crippen LogP contribution < -0.4 is 50.8 Å². The van der Waals surface area contributed by atoms with Crippen LogP contribution in [0.1, 0.15) is 217 Å². The second-order valence-corrected chi connectivity index (χ2v) is 43.0. The lowest BCUT2D eigenvalue weighted by Crippen LogP contribution is -2.74. The minimum absolute atomic E-state index is 0.0160. The molecular formula is C104H130Cl2N12O16S2. The van der Waals surface area contributed by atoms with E-state index in [9.17, 15) is 59.1 Å². The normalized spacial score (nSPS) is 20.3. The number of thiazole rings is 2. The van der Waals surface area contributed by atoms with Crippen LogP contribution in [0.5, 0.6) is 23.0 Å². The zero-order valence-corrected chi connectivity index (χ0v) is 84.1. The Morgan fingerprint density at radius 2 is 0.838 bits per heavy atom. The highest BCUT2D eigenvalue weighted by Gasteiger charge is 2.65. The van der Waals surface area contributed by atoms with Gasteiger partial charge in [-0.15, -0.1) is 22.7 Å². The second-order valence-electron chi connectivity index (χ2n) is 40.5. The topological polar surface area (TPSA) is 384 Å². The molecule has 8 amide bonds. The molecule has 8 aromatic rings. The number of nitrogens with one attached hydrogen (secondary N) is 6. The fraction of sp³-hybridized carbons (Fsp3) is 0.500. The van der Waals surface area contributed by atoms with Crippen molar-refractivity contribution in [2.45, 2.75) is 262 Å². The molecule has 2 aromatic heterocycles. The molecule has 2 saturated carbocycles. The Morgan fingerprint density at radius 1 is 0.500 bits per heavy atom. The van der Waals surface area contributed by atoms with Crippen LogP contribution >= 0.6 is 45.9 Å². The number of nitrogens with zero attached hydrogens (tertiary/aromatic N) is 6. The fourth-order valence-electron chi connectivity index (χ4n) is 19.0. The number of benzene rings is 6. The van der Waals surface area contributed by atoms with Gasteiger partial charge in [0.1, 0.15) is 84.7 Å². The number of amides is 8. The molecule has 728 valence electrons. The van der Waals surface area contributed by atoms with Gasteiger partial charge in [-0.25, -0.2) is 9.97 Å². The zero-order chi connectivity index (χ0) is 99.1. The first-order valence-corrected chi connectivity index (χ1v) is 48.8. The molecule has 12 rings (SSSR count). The van der Waals surface area contributed by atoms with Crippen LogP contribution in [0.4, 0.5) is 0 Å². The van der Waals surface area contributed by atoms with Crippen LogP contribution in [0.25, 0.3) is 20.9 Å². The summed E-state index contributed by atoms with van der Waals surface area (Å²) in [6, 6.07) is 39.9. The van der Waals surface area contributed by atoms with Crippen LogP contribution in [-0.2, 0) is 51.3 Å². The van der Waals surface area contributed by atoms with E-state index >= 15 is 0 Å². The summed E-state index contributed by atoms with van der Waals surface area (Å²) in [6.07, 6.45) is 1.93. The third kappa shape index (κ3) is 26.4. The zero-order valence-electron chi connectivity index (χ0n) is 81.0. The van der Waals surface area contributed by atoms with E-state index in [1.807, 2.05) is 129 Å². The van der Waals surface area contributed by atoms with E-state index in [1.54, 1.807) is 108 Å². The van der Waals surface area contributed by atoms with Crippen LogP contribution in [0.2, 0.25) is 10.0 Å². The lowest BCUT2D eigenvalue weighted by molar-refractivity contribution is -0.164. The Kier molecular flexibility index (Phi) is 35.3. The number of aryl methyl sites for hydroxylation is 2. The molecule has 136 heavy (non-hydrogen) atoms. The van der Waals surface area contributed by atoms with E-state index in [0.717, 1.165) is 69.1 Å². The molecule has 2 aliphatic heterocycles. The third-order valence-corrected chi connectivity index (χ3v) is 28.6. The first-order valence-electron chi connectivity index (χ1n) is 46.3. The minimum Gasteiger partial charge on any atom is -0.494 e. The van der Waals surface area contributed by atoms with Gasteiger partial charge in [0.15, 0.2) is 0 Å². The molecule has 4 heterocycles. The number of ether oxygens (including phenoxy) is 6. The van der Waals surface area contributed by atoms with E-state index in [1.165, 1.54) is 9.80 Å². The number of rotatable bonds is 38. The first kappa shape index (κ1) is 105. The van der Waals surface area contributed by atoms with Gasteiger partial charge in [-0.1, -0.05) is 169 Å². The van der Waals surface area contributed by atoms with Crippen molar-refractivity contribution >= 4 is 93.1 Å². The van der Waals surface area contributed by atoms with Crippen molar-refractivity contribution in [2.24, 2.45) is 32.5 Å². The van der Waals surface area contributed by atoms with Gasteiger partial charge in [-0.2, -0.15) is 10.5 Å². The summed E-state index contributed by atoms with van der Waals surface area (Å²) in [5.41, 5.74) is 8.25. The molecular weight excluding hydrogens is 1810 g/mol. The molecule has 8 atom stereocenters. The Labute approximate surface area is 816 Å². The number of nitriles is 2. The van der Waals surface area contributed by atoms with Gasteiger partial charge in [0, 0.05) is 96.0 Å². The summed E-state index contributed by atoms with van der Waals surface area (Å²) in [7, 11) is 0. The molecule has 2 aliphatic carbocycles. The van der Waals surface area contributed by atoms with Gasteiger partial charge in [-0.05, 0) is 172 Å². The first-order chi connectivity index (χ1) is 64.2. The number of halogens is 2. The maximum atomic E-state index is 14.0. The van der Waals surface area contributed by atoms with Crippen molar-refractivity contribution in [2.75, 3.05) is 39.5 Å². The van der Waals surface area contributed by atoms with Gasteiger partial charge in [0.25, 0.3) is 11.8 Å². The number of carbonyl (C=O) groups excluding carboxylic acids is 8. The molecule has 0 unspecified atom stereocenters. The fourth-order valence-corrected chi connectivity index (χ4v) is 21.1. The molecule has 28 nitrogen and oxygen atoms in total. The number of unbranched alkanes of at least 4 members (excludes halogenated alkanes) is 2. The van der Waals surface area contributed by atoms with Crippen LogP contribution in [0.15, 0.2) is 144 Å². The molecule has 2 saturated heterocycles. The quantitative estimate of drug-likeness (QED) is 0.0167. The number of aliphatic hydroxyl groups is 2. The van der Waals surface area contributed by atoms with Gasteiger partial charge in [0.05, 0.1) is 91.0 Å². The maximum Gasteiger partial charge on any atom is 0.251 e. The molecule has 32 heteroatoms. The standard InChI is InChI=1S/2C52H65ClN6O8S/c2*1-31(12-10-11-23-65-38-20-17-35(18-21-38)45(62)58-48-51(6,7)49(52(48,8)9)67-39-22-19-36(26-54)40(53)25-39)66-29-42(61)57-44(50(3,4)5)47(64)59-28-37(60)24-41(59)46(63)55-27-33-13-15-34(16-14-33)43-32(2)56-30-68-43/h2*13-22,25,30-31,37,41,44,48-49,60H,10-12,23-24,27-29H2,1-9H3,(H,55,63)(H,57,61)(H,58,62)/t31-,37+,41-,44+,48-,49-;31-,37-,41+,44-,48-,49-/m01/s1. The Balaban J connectivity index is 0.000000261. The smallest absolute Gasteiger partial charge is 0.251 e. The lowest BCUT2D eigenvalue weighted by atomic mass is 9.49. The lowest BCUT2D eigenvalue weighted by Gasteiger charge is -2.63. The Bertz CT molecular complexity index is 5230. The average molecular weight is 1940 g/mol. The number of likely N-dealkylation sites (tertiary alicyclic amines) is 2. The number of aliphatic hydroxyl groups excluding tert-OH is 2. The third-order valence-electron chi connectivity index (χ3n) is 26.1. The largest absolute Gasteiger partial charge is 0.494 e. The predicted octanol–water partition coefficient (Wildman–Crippen LogP) is 16.0. The molecule has 6 aromatic carbocycles. The van der Waals surface area contributed by atoms with Gasteiger partial charge < -0.3 is 80.3 Å². The number of hydrogen-bond donors (Lipinski definition) is 8. The highest BCUT2D eigenvalue weighted by Crippen LogP contribution is 2.57. The van der Waals surface area contributed by atoms with Crippen LogP contribution in [0.3, 0.4) is 0 Å². The maximum absolute atomic E-state index is 14.0. The van der Waals surface area contributed by atoms with E-state index in [-0.39, 0.29) is 112 Å². The molecule has 0 bridgehead atoms. The number of β-amino-alcohol motifs (C(OH)–C–C–N with tert-alkyl or cyclic N) is 2. The number of aromatic nitrogens is 2. The Hall–Kier alpha value is -11.1. The highest BCUT2D eigenvalue weighted by molar-refractivity contribution is 7.13. The predicted molar refractivity (Wildman–Crippen MR) is 524 cm³/mol. The summed E-state index contributed by atoms with van der Waals surface area (Å²) >= 11 is 15.6. The van der Waals surface area contributed by atoms with E-state index in [2.05, 4.69) is 109 Å². The van der Waals surface area contributed by atoms with Gasteiger partial charge in [-0.3, -0.25) is 38.4 Å².